The van der Waals surface area contributed by atoms with Crippen molar-refractivity contribution >= 4 is 17.3 Å². The number of carboxylic acids is 1. The minimum absolute atomic E-state index is 0.0256. The smallest absolute Gasteiger partial charge is 0.333 e. The van der Waals surface area contributed by atoms with Crippen molar-refractivity contribution in [2.24, 2.45) is 0 Å². The number of anilines is 1. The third-order valence-electron chi connectivity index (χ3n) is 1.63. The van der Waals surface area contributed by atoms with Crippen LogP contribution >= 0.6 is 0 Å². The predicted octanol–water partition coefficient (Wildman–Crippen LogP) is 0.797. The van der Waals surface area contributed by atoms with Crippen molar-refractivity contribution in [2.45, 2.75) is 0 Å². The number of rotatable bonds is 4. The van der Waals surface area contributed by atoms with Gasteiger partial charge in [0.25, 0.3) is 0 Å². The third-order valence-corrected chi connectivity index (χ3v) is 1.63. The molecule has 80 valence electrons. The molecule has 0 heterocycles. The van der Waals surface area contributed by atoms with Gasteiger partial charge in [-0.05, 0) is 12.1 Å². The molecule has 0 saturated carbocycles. The Balaban J connectivity index is 3.01. The van der Waals surface area contributed by atoms with E-state index in [1.54, 1.807) is 0 Å². The molecule has 1 aromatic rings. The van der Waals surface area contributed by atoms with Crippen molar-refractivity contribution in [3.05, 3.63) is 28.3 Å². The van der Waals surface area contributed by atoms with E-state index in [1.165, 1.54) is 12.1 Å². The highest BCUT2D eigenvalue weighted by molar-refractivity contribution is 5.76. The topological polar surface area (TPSA) is 113 Å². The Hall–Kier alpha value is -2.31. The fourth-order valence-corrected chi connectivity index (χ4v) is 1.04. The quantitative estimate of drug-likeness (QED) is 0.502. The highest BCUT2D eigenvalue weighted by Crippen LogP contribution is 2.33. The normalized spacial score (nSPS) is 9.60. The first-order valence-corrected chi connectivity index (χ1v) is 3.94. The van der Waals surface area contributed by atoms with E-state index in [1.807, 2.05) is 0 Å². The number of carbonyl (C=O) groups is 1. The Morgan fingerprint density at radius 3 is 2.73 bits per heavy atom. The Kier molecular flexibility index (Phi) is 3.06. The molecule has 0 aliphatic carbocycles. The zero-order chi connectivity index (χ0) is 11.4. The molecule has 1 aromatic carbocycles. The van der Waals surface area contributed by atoms with Crippen LogP contribution in [0.15, 0.2) is 18.2 Å². The van der Waals surface area contributed by atoms with E-state index in [-0.39, 0.29) is 5.69 Å². The van der Waals surface area contributed by atoms with Gasteiger partial charge in [-0.25, -0.2) is 0 Å². The highest BCUT2D eigenvalue weighted by Gasteiger charge is 2.19. The summed E-state index contributed by atoms with van der Waals surface area (Å²) in [4.78, 5) is 20.0. The second kappa shape index (κ2) is 4.27. The molecule has 0 fully saturated rings. The summed E-state index contributed by atoms with van der Waals surface area (Å²) in [6.07, 6.45) is 0. The molecule has 0 saturated heterocycles. The molecule has 7 heteroatoms. The number of hydrogen-bond acceptors (Lipinski definition) is 5. The van der Waals surface area contributed by atoms with Crippen molar-refractivity contribution in [3.8, 4) is 5.75 Å². The molecule has 0 aliphatic heterocycles. The number of benzene rings is 1. The minimum atomic E-state index is -1.15. The maximum absolute atomic E-state index is 10.5. The zero-order valence-electron chi connectivity index (χ0n) is 7.51. The van der Waals surface area contributed by atoms with Crippen molar-refractivity contribution in [1.29, 1.82) is 0 Å². The van der Waals surface area contributed by atoms with Gasteiger partial charge >= 0.3 is 11.7 Å². The number of nitro groups is 1. The van der Waals surface area contributed by atoms with Crippen molar-refractivity contribution in [1.82, 2.24) is 0 Å². The van der Waals surface area contributed by atoms with Crippen LogP contribution in [0.2, 0.25) is 0 Å². The maximum Gasteiger partial charge on any atom is 0.333 e. The van der Waals surface area contributed by atoms with E-state index in [0.717, 1.165) is 6.07 Å². The maximum atomic E-state index is 10.5. The van der Waals surface area contributed by atoms with Gasteiger partial charge in [-0.2, -0.15) is 0 Å². The molecule has 1 rings (SSSR count). The van der Waals surface area contributed by atoms with Gasteiger partial charge in [-0.3, -0.25) is 14.9 Å². The number of nitrogens with zero attached hydrogens (tertiary/aromatic N) is 1. The van der Waals surface area contributed by atoms with E-state index in [4.69, 9.17) is 5.11 Å². The lowest BCUT2D eigenvalue weighted by Gasteiger charge is -2.04. The van der Waals surface area contributed by atoms with Crippen LogP contribution in [0, 0.1) is 10.1 Å². The van der Waals surface area contributed by atoms with Gasteiger partial charge in [0.05, 0.1) is 4.92 Å². The van der Waals surface area contributed by atoms with Crippen molar-refractivity contribution < 1.29 is 19.9 Å². The average Bonchev–Trinajstić information content (AvgIpc) is 2.13. The number of phenols is 1. The van der Waals surface area contributed by atoms with Gasteiger partial charge in [0.15, 0.2) is 5.75 Å². The molecule has 0 aromatic heterocycles. The number of phenolic OH excluding ortho intramolecular Hbond substituents is 1. The molecule has 3 N–H and O–H groups in total. The number of aliphatic carboxylic acids is 1. The molecule has 0 spiro atoms. The number of aromatic hydroxyl groups is 1. The summed E-state index contributed by atoms with van der Waals surface area (Å²) in [6.45, 7) is -0.454. The lowest BCUT2D eigenvalue weighted by atomic mass is 10.2. The molecule has 15 heavy (non-hydrogen) atoms. The Morgan fingerprint density at radius 1 is 1.53 bits per heavy atom. The SMILES string of the molecule is O=C(O)CNc1cccc(O)c1[N+](=O)[O-]. The second-order valence-electron chi connectivity index (χ2n) is 2.68. The van der Waals surface area contributed by atoms with Gasteiger partial charge in [0.2, 0.25) is 0 Å². The van der Waals surface area contributed by atoms with Crippen LogP contribution in [0.1, 0.15) is 0 Å². The van der Waals surface area contributed by atoms with Crippen molar-refractivity contribution in [3.63, 3.8) is 0 Å². The van der Waals surface area contributed by atoms with Gasteiger partial charge in [-0.15, -0.1) is 0 Å². The standard InChI is InChI=1S/C8H8N2O5/c11-6-3-1-2-5(8(6)10(14)15)9-4-7(12)13/h1-3,9,11H,4H2,(H,12,13). The van der Waals surface area contributed by atoms with Crippen LogP contribution in [0.5, 0.6) is 5.75 Å². The van der Waals surface area contributed by atoms with Gasteiger partial charge in [-0.1, -0.05) is 6.07 Å². The molecule has 7 nitrogen and oxygen atoms in total. The molecule has 0 radical (unpaired) electrons. The molecule has 0 atom stereocenters. The first-order valence-electron chi connectivity index (χ1n) is 3.94. The number of nitro benzene ring substituents is 1. The summed E-state index contributed by atoms with van der Waals surface area (Å²) in [5.41, 5.74) is -0.554. The summed E-state index contributed by atoms with van der Waals surface area (Å²) >= 11 is 0. The summed E-state index contributed by atoms with van der Waals surface area (Å²) < 4.78 is 0. The molecular weight excluding hydrogens is 204 g/mol. The van der Waals surface area contributed by atoms with Crippen LogP contribution in [-0.2, 0) is 4.79 Å². The monoisotopic (exact) mass is 212 g/mol. The number of para-hydroxylation sites is 1. The molecule has 0 unspecified atom stereocenters. The molecule has 0 amide bonds. The Morgan fingerprint density at radius 2 is 2.20 bits per heavy atom. The Labute approximate surface area is 84.1 Å². The minimum Gasteiger partial charge on any atom is -0.502 e. The lowest BCUT2D eigenvalue weighted by Crippen LogP contribution is -2.13. The van der Waals surface area contributed by atoms with Gasteiger partial charge in [0, 0.05) is 0 Å². The van der Waals surface area contributed by atoms with Crippen LogP contribution in [-0.4, -0.2) is 27.7 Å². The van der Waals surface area contributed by atoms with E-state index >= 15 is 0 Å². The zero-order valence-corrected chi connectivity index (χ0v) is 7.51. The first-order chi connectivity index (χ1) is 7.02. The largest absolute Gasteiger partial charge is 0.502 e. The van der Waals surface area contributed by atoms with E-state index in [9.17, 15) is 20.0 Å². The van der Waals surface area contributed by atoms with Crippen LogP contribution < -0.4 is 5.32 Å². The van der Waals surface area contributed by atoms with Gasteiger partial charge in [0.1, 0.15) is 12.2 Å². The summed E-state index contributed by atoms with van der Waals surface area (Å²) in [6, 6.07) is 3.86. The molecule has 0 aliphatic rings. The predicted molar refractivity (Wildman–Crippen MR) is 50.9 cm³/mol. The van der Waals surface area contributed by atoms with E-state index in [2.05, 4.69) is 5.32 Å². The number of carboxylic acid groups (broad SMARTS) is 1. The van der Waals surface area contributed by atoms with Crippen LogP contribution in [0.3, 0.4) is 0 Å². The first kappa shape index (κ1) is 10.8. The van der Waals surface area contributed by atoms with Crippen molar-refractivity contribution in [2.75, 3.05) is 11.9 Å². The average molecular weight is 212 g/mol. The van der Waals surface area contributed by atoms with Crippen LogP contribution in [0.4, 0.5) is 11.4 Å². The number of nitrogens with one attached hydrogen (secondary N) is 1. The molecule has 0 bridgehead atoms. The van der Waals surface area contributed by atoms with Gasteiger partial charge < -0.3 is 15.5 Å². The second-order valence-corrected chi connectivity index (χ2v) is 2.68. The third kappa shape index (κ3) is 2.56. The number of hydrogen-bond donors (Lipinski definition) is 3. The Bertz CT molecular complexity index is 404. The molecular formula is C8H8N2O5. The van der Waals surface area contributed by atoms with Crippen LogP contribution in [0.25, 0.3) is 0 Å². The fraction of sp³-hybridized carbons (Fsp3) is 0.125. The lowest BCUT2D eigenvalue weighted by molar-refractivity contribution is -0.384. The summed E-state index contributed by atoms with van der Waals surface area (Å²) in [5.74, 6) is -1.65. The summed E-state index contributed by atoms with van der Waals surface area (Å²) in [7, 11) is 0. The fourth-order valence-electron chi connectivity index (χ4n) is 1.04. The highest BCUT2D eigenvalue weighted by atomic mass is 16.6. The van der Waals surface area contributed by atoms with E-state index < -0.39 is 28.9 Å². The van der Waals surface area contributed by atoms with E-state index in [0.29, 0.717) is 0 Å². The summed E-state index contributed by atoms with van der Waals surface area (Å²) in [5, 5.41) is 30.5.